The topological polar surface area (TPSA) is 79.9 Å². The number of nitrogens with zero attached hydrogens (tertiary/aromatic N) is 1. The Labute approximate surface area is 262 Å². The first-order valence-electron chi connectivity index (χ1n) is 15.0. The first-order chi connectivity index (χ1) is 21.7. The molecule has 1 heterocycles. The molecule has 0 spiro atoms. The third-order valence-corrected chi connectivity index (χ3v) is 8.23. The van der Waals surface area contributed by atoms with E-state index in [2.05, 4.69) is 24.5 Å². The Bertz CT molecular complexity index is 1770. The van der Waals surface area contributed by atoms with Crippen molar-refractivity contribution in [3.8, 4) is 17.2 Å². The van der Waals surface area contributed by atoms with Crippen LogP contribution in [0.1, 0.15) is 43.9 Å². The number of rotatable bonds is 8. The second-order valence-electron chi connectivity index (χ2n) is 12.2. The Kier molecular flexibility index (Phi) is 8.30. The molecule has 1 atom stereocenters. The zero-order valence-corrected chi connectivity index (χ0v) is 25.6. The largest absolute Gasteiger partial charge is 0.496 e. The molecule has 1 amide bonds. The normalized spacial score (nSPS) is 17.0. The molecule has 0 saturated carbocycles. The Balaban J connectivity index is 1.44. The molecular formula is C37H36FN3O4. The van der Waals surface area contributed by atoms with Gasteiger partial charge in [-0.1, -0.05) is 68.4 Å². The molecule has 45 heavy (non-hydrogen) atoms. The van der Waals surface area contributed by atoms with E-state index in [4.69, 9.17) is 9.47 Å². The van der Waals surface area contributed by atoms with Crippen LogP contribution in [0.15, 0.2) is 108 Å². The number of fused-ring (bicyclic) bond motifs is 1. The van der Waals surface area contributed by atoms with Gasteiger partial charge in [-0.15, -0.1) is 0 Å². The van der Waals surface area contributed by atoms with Crippen molar-refractivity contribution >= 4 is 23.1 Å². The summed E-state index contributed by atoms with van der Waals surface area (Å²) in [7, 11) is 1.60. The molecule has 6 rings (SSSR count). The van der Waals surface area contributed by atoms with Crippen LogP contribution in [0.25, 0.3) is 0 Å². The van der Waals surface area contributed by atoms with E-state index in [0.29, 0.717) is 35.5 Å². The number of nitrogens with one attached hydrogen (secondary N) is 2. The molecule has 4 aromatic carbocycles. The van der Waals surface area contributed by atoms with Crippen molar-refractivity contribution < 1.29 is 23.5 Å². The lowest BCUT2D eigenvalue weighted by atomic mass is 9.73. The molecule has 1 aliphatic heterocycles. The van der Waals surface area contributed by atoms with Gasteiger partial charge in [0.2, 0.25) is 5.91 Å². The summed E-state index contributed by atoms with van der Waals surface area (Å²) < 4.78 is 26.6. The molecule has 8 heteroatoms. The van der Waals surface area contributed by atoms with E-state index < -0.39 is 11.9 Å². The quantitative estimate of drug-likeness (QED) is 0.216. The predicted molar refractivity (Wildman–Crippen MR) is 173 cm³/mol. The summed E-state index contributed by atoms with van der Waals surface area (Å²) in [5.41, 5.74) is 4.15. The van der Waals surface area contributed by atoms with Crippen LogP contribution in [0.2, 0.25) is 0 Å². The standard InChI is InChI=1S/C37H36FN3O4/c1-37(2)20-29-35(31(42)21-37)36(24-17-18-27(38)33(19-24)45-26-12-5-4-6-13-26)41(30-15-9-8-14-28(30)40-29)23-34(43)39-22-25-11-7-10-16-32(25)44-3/h4-19,36,40H,20-23H2,1-3H3,(H,39,43). The molecule has 7 nitrogen and oxygen atoms in total. The van der Waals surface area contributed by atoms with Gasteiger partial charge >= 0.3 is 0 Å². The number of methoxy groups -OCH3 is 1. The van der Waals surface area contributed by atoms with Crippen LogP contribution < -0.4 is 25.0 Å². The van der Waals surface area contributed by atoms with E-state index in [1.54, 1.807) is 31.4 Å². The van der Waals surface area contributed by atoms with E-state index in [1.807, 2.05) is 71.6 Å². The van der Waals surface area contributed by atoms with Crippen molar-refractivity contribution in [3.63, 3.8) is 0 Å². The van der Waals surface area contributed by atoms with E-state index in [9.17, 15) is 9.59 Å². The van der Waals surface area contributed by atoms with Crippen LogP contribution in [0.5, 0.6) is 17.2 Å². The fourth-order valence-electron chi connectivity index (χ4n) is 6.21. The van der Waals surface area contributed by atoms with E-state index in [0.717, 1.165) is 22.6 Å². The number of amides is 1. The maximum absolute atomic E-state index is 15.2. The maximum Gasteiger partial charge on any atom is 0.239 e. The number of hydrogen-bond donors (Lipinski definition) is 2. The number of hydrogen-bond acceptors (Lipinski definition) is 6. The number of anilines is 2. The second-order valence-corrected chi connectivity index (χ2v) is 12.2. The van der Waals surface area contributed by atoms with Crippen LogP contribution in [-0.4, -0.2) is 25.3 Å². The van der Waals surface area contributed by atoms with Crippen LogP contribution in [0.3, 0.4) is 0 Å². The van der Waals surface area contributed by atoms with Gasteiger partial charge in [0.05, 0.1) is 31.1 Å². The number of carbonyl (C=O) groups is 2. The number of ketones is 1. The molecule has 4 aromatic rings. The monoisotopic (exact) mass is 605 g/mol. The minimum absolute atomic E-state index is 0.0131. The highest BCUT2D eigenvalue weighted by molar-refractivity contribution is 6.02. The summed E-state index contributed by atoms with van der Waals surface area (Å²) in [6.07, 6.45) is 0.990. The number of para-hydroxylation sites is 4. The number of halogens is 1. The maximum atomic E-state index is 15.2. The molecule has 0 aromatic heterocycles. The van der Waals surface area contributed by atoms with Gasteiger partial charge in [-0.25, -0.2) is 4.39 Å². The number of carbonyl (C=O) groups excluding carboxylic acids is 2. The predicted octanol–water partition coefficient (Wildman–Crippen LogP) is 7.56. The Morgan fingerprint density at radius 1 is 0.956 bits per heavy atom. The zero-order chi connectivity index (χ0) is 31.6. The summed E-state index contributed by atoms with van der Waals surface area (Å²) in [5.74, 6) is 0.431. The Morgan fingerprint density at radius 2 is 1.69 bits per heavy atom. The Hall–Kier alpha value is -5.11. The van der Waals surface area contributed by atoms with Gasteiger partial charge in [0.15, 0.2) is 17.3 Å². The lowest BCUT2D eigenvalue weighted by molar-refractivity contribution is -0.121. The van der Waals surface area contributed by atoms with Gasteiger partial charge in [-0.05, 0) is 59.9 Å². The molecule has 1 unspecified atom stereocenters. The minimum Gasteiger partial charge on any atom is -0.496 e. The van der Waals surface area contributed by atoms with Gasteiger partial charge in [0.1, 0.15) is 11.5 Å². The molecule has 2 aliphatic rings. The molecule has 230 valence electrons. The van der Waals surface area contributed by atoms with Crippen molar-refractivity contribution in [1.82, 2.24) is 5.32 Å². The smallest absolute Gasteiger partial charge is 0.239 e. The highest BCUT2D eigenvalue weighted by Crippen LogP contribution is 2.48. The molecule has 1 aliphatic carbocycles. The molecule has 0 radical (unpaired) electrons. The Morgan fingerprint density at radius 3 is 2.49 bits per heavy atom. The highest BCUT2D eigenvalue weighted by atomic mass is 19.1. The van der Waals surface area contributed by atoms with Gasteiger partial charge in [0, 0.05) is 29.8 Å². The summed E-state index contributed by atoms with van der Waals surface area (Å²) >= 11 is 0. The first kappa shape index (κ1) is 29.9. The van der Waals surface area contributed by atoms with E-state index in [-0.39, 0.29) is 35.9 Å². The second kappa shape index (κ2) is 12.5. The number of benzene rings is 4. The van der Waals surface area contributed by atoms with Crippen molar-refractivity contribution in [2.75, 3.05) is 23.9 Å². The lowest BCUT2D eigenvalue weighted by Gasteiger charge is -2.38. The van der Waals surface area contributed by atoms with Crippen molar-refractivity contribution in [1.29, 1.82) is 0 Å². The van der Waals surface area contributed by atoms with Crippen LogP contribution in [-0.2, 0) is 16.1 Å². The number of allylic oxidation sites excluding steroid dienone is 1. The summed E-state index contributed by atoms with van der Waals surface area (Å²) in [4.78, 5) is 29.7. The fraction of sp³-hybridized carbons (Fsp3) is 0.243. The van der Waals surface area contributed by atoms with E-state index >= 15 is 4.39 Å². The minimum atomic E-state index is -0.685. The number of Topliss-reactive ketones (excluding diaryl/α,β-unsaturated/α-hetero) is 1. The average Bonchev–Trinajstić information content (AvgIpc) is 3.15. The molecule has 2 N–H and O–H groups in total. The van der Waals surface area contributed by atoms with Gasteiger partial charge < -0.3 is 25.0 Å². The summed E-state index contributed by atoms with van der Waals surface area (Å²) in [6, 6.07) is 28.2. The summed E-state index contributed by atoms with van der Waals surface area (Å²) in [5, 5.41) is 6.58. The van der Waals surface area contributed by atoms with Crippen LogP contribution in [0, 0.1) is 11.2 Å². The lowest BCUT2D eigenvalue weighted by Crippen LogP contribution is -2.42. The first-order valence-corrected chi connectivity index (χ1v) is 15.0. The SMILES string of the molecule is COc1ccccc1CNC(=O)CN1c2ccccc2NC2=C(C(=O)CC(C)(C)C2)C1c1ccc(F)c(Oc2ccccc2)c1. The van der Waals surface area contributed by atoms with Crippen LogP contribution >= 0.6 is 0 Å². The third-order valence-electron chi connectivity index (χ3n) is 8.23. The van der Waals surface area contributed by atoms with E-state index in [1.165, 1.54) is 6.07 Å². The van der Waals surface area contributed by atoms with Crippen molar-refractivity contribution in [2.24, 2.45) is 5.41 Å². The van der Waals surface area contributed by atoms with Gasteiger partial charge in [0.25, 0.3) is 0 Å². The molecule has 0 fully saturated rings. The van der Waals surface area contributed by atoms with Crippen LogP contribution in [0.4, 0.5) is 15.8 Å². The average molecular weight is 606 g/mol. The number of ether oxygens (including phenoxy) is 2. The molecule has 0 bridgehead atoms. The fourth-order valence-corrected chi connectivity index (χ4v) is 6.21. The molecule has 0 saturated heterocycles. The van der Waals surface area contributed by atoms with Crippen molar-refractivity contribution in [3.05, 3.63) is 125 Å². The third kappa shape index (κ3) is 6.41. The molecular weight excluding hydrogens is 569 g/mol. The highest BCUT2D eigenvalue weighted by Gasteiger charge is 2.42. The zero-order valence-electron chi connectivity index (χ0n) is 25.6. The van der Waals surface area contributed by atoms with Gasteiger partial charge in [-0.3, -0.25) is 9.59 Å². The van der Waals surface area contributed by atoms with Crippen molar-refractivity contribution in [2.45, 2.75) is 39.3 Å². The summed E-state index contributed by atoms with van der Waals surface area (Å²) in [6.45, 7) is 4.37. The van der Waals surface area contributed by atoms with Gasteiger partial charge in [-0.2, -0.15) is 0 Å².